The average molecular weight is 422 g/mol. The van der Waals surface area contributed by atoms with Crippen molar-refractivity contribution >= 4 is 22.4 Å². The molecule has 0 fully saturated rings. The van der Waals surface area contributed by atoms with Gasteiger partial charge in [0.25, 0.3) is 0 Å². The minimum absolute atomic E-state index is 0.321. The highest BCUT2D eigenvalue weighted by molar-refractivity contribution is 5.95. The van der Waals surface area contributed by atoms with E-state index in [1.54, 1.807) is 31.6 Å². The Kier molecular flexibility index (Phi) is 5.17. The molecule has 0 radical (unpaired) electrons. The van der Waals surface area contributed by atoms with Gasteiger partial charge in [-0.1, -0.05) is 24.3 Å². The fraction of sp³-hybridized carbons (Fsp3) is 0.0385. The fourth-order valence-corrected chi connectivity index (χ4v) is 3.53. The second-order valence-electron chi connectivity index (χ2n) is 7.24. The summed E-state index contributed by atoms with van der Waals surface area (Å²) in [6.07, 6.45) is 3.43. The summed E-state index contributed by atoms with van der Waals surface area (Å²) < 4.78 is 19.2. The number of aromatic nitrogens is 3. The molecule has 156 valence electrons. The van der Waals surface area contributed by atoms with Crippen LogP contribution >= 0.6 is 0 Å². The van der Waals surface area contributed by atoms with Crippen LogP contribution in [-0.2, 0) is 0 Å². The number of hydrogen-bond acceptors (Lipinski definition) is 5. The molecule has 5 rings (SSSR count). The van der Waals surface area contributed by atoms with Crippen LogP contribution in [0.3, 0.4) is 0 Å². The molecular weight excluding hydrogens is 403 g/mol. The Balaban J connectivity index is 1.68. The van der Waals surface area contributed by atoms with Gasteiger partial charge in [0.15, 0.2) is 5.82 Å². The van der Waals surface area contributed by atoms with Crippen LogP contribution in [0.4, 0.5) is 15.9 Å². The van der Waals surface area contributed by atoms with Gasteiger partial charge in [0.1, 0.15) is 17.4 Å². The highest BCUT2D eigenvalue weighted by atomic mass is 19.1. The van der Waals surface area contributed by atoms with Crippen LogP contribution in [0.25, 0.3) is 33.4 Å². The summed E-state index contributed by atoms with van der Waals surface area (Å²) in [5, 5.41) is 4.08. The molecule has 5 nitrogen and oxygen atoms in total. The van der Waals surface area contributed by atoms with E-state index in [-0.39, 0.29) is 5.82 Å². The number of nitrogens with zero attached hydrogens (tertiary/aromatic N) is 3. The molecule has 3 aromatic carbocycles. The lowest BCUT2D eigenvalue weighted by atomic mass is 10.0. The Morgan fingerprint density at radius 1 is 0.812 bits per heavy atom. The Hall–Kier alpha value is -4.32. The van der Waals surface area contributed by atoms with Gasteiger partial charge >= 0.3 is 0 Å². The van der Waals surface area contributed by atoms with E-state index in [9.17, 15) is 4.39 Å². The van der Waals surface area contributed by atoms with E-state index >= 15 is 0 Å². The van der Waals surface area contributed by atoms with Crippen molar-refractivity contribution in [1.82, 2.24) is 15.0 Å². The molecule has 0 aliphatic rings. The van der Waals surface area contributed by atoms with Crippen LogP contribution in [0, 0.1) is 5.82 Å². The van der Waals surface area contributed by atoms with Crippen molar-refractivity contribution in [2.24, 2.45) is 0 Å². The van der Waals surface area contributed by atoms with Crippen molar-refractivity contribution in [3.63, 3.8) is 0 Å². The van der Waals surface area contributed by atoms with Crippen molar-refractivity contribution in [1.29, 1.82) is 0 Å². The maximum atomic E-state index is 13.8. The number of halogens is 1. The molecule has 5 aromatic rings. The Morgan fingerprint density at radius 3 is 2.47 bits per heavy atom. The van der Waals surface area contributed by atoms with E-state index in [1.165, 1.54) is 12.1 Å². The Morgan fingerprint density at radius 2 is 1.66 bits per heavy atom. The number of rotatable bonds is 5. The molecule has 0 amide bonds. The van der Waals surface area contributed by atoms with E-state index in [1.807, 2.05) is 54.6 Å². The van der Waals surface area contributed by atoms with Crippen molar-refractivity contribution in [2.75, 3.05) is 12.4 Å². The van der Waals surface area contributed by atoms with Crippen LogP contribution in [0.2, 0.25) is 0 Å². The SMILES string of the molecule is COc1cccc(-c2ccc3nc(-c4cccnc4)nc(Nc4cccc(F)c4)c3c2)c1. The predicted molar refractivity (Wildman–Crippen MR) is 124 cm³/mol. The predicted octanol–water partition coefficient (Wildman–Crippen LogP) is 6.25. The zero-order valence-corrected chi connectivity index (χ0v) is 17.3. The third-order valence-electron chi connectivity index (χ3n) is 5.11. The van der Waals surface area contributed by atoms with Crippen molar-refractivity contribution in [3.05, 3.63) is 97.1 Å². The normalized spacial score (nSPS) is 10.8. The third-order valence-corrected chi connectivity index (χ3v) is 5.11. The molecule has 0 spiro atoms. The summed E-state index contributed by atoms with van der Waals surface area (Å²) in [5.74, 6) is 1.59. The van der Waals surface area contributed by atoms with Gasteiger partial charge in [-0.15, -0.1) is 0 Å². The maximum absolute atomic E-state index is 13.8. The van der Waals surface area contributed by atoms with E-state index in [0.29, 0.717) is 17.3 Å². The number of benzene rings is 3. The van der Waals surface area contributed by atoms with Crippen LogP contribution in [-0.4, -0.2) is 22.1 Å². The Labute approximate surface area is 184 Å². The smallest absolute Gasteiger partial charge is 0.163 e. The van der Waals surface area contributed by atoms with E-state index in [0.717, 1.165) is 33.3 Å². The highest BCUT2D eigenvalue weighted by Gasteiger charge is 2.12. The van der Waals surface area contributed by atoms with E-state index in [2.05, 4.69) is 10.3 Å². The average Bonchev–Trinajstić information content (AvgIpc) is 2.84. The largest absolute Gasteiger partial charge is 0.497 e. The minimum Gasteiger partial charge on any atom is -0.497 e. The molecule has 1 N–H and O–H groups in total. The molecule has 2 aromatic heterocycles. The standard InChI is InChI=1S/C26H19FN4O/c1-32-22-9-2-5-17(13-22)18-10-11-24-23(14-18)26(29-21-8-3-7-20(27)15-21)31-25(30-24)19-6-4-12-28-16-19/h2-16H,1H3,(H,29,30,31). The first-order valence-corrected chi connectivity index (χ1v) is 10.1. The molecule has 0 bridgehead atoms. The number of nitrogens with one attached hydrogen (secondary N) is 1. The third kappa shape index (κ3) is 3.98. The molecule has 2 heterocycles. The van der Waals surface area contributed by atoms with Crippen LogP contribution in [0.5, 0.6) is 5.75 Å². The Bertz CT molecular complexity index is 1410. The van der Waals surface area contributed by atoms with Gasteiger partial charge in [-0.2, -0.15) is 0 Å². The highest BCUT2D eigenvalue weighted by Crippen LogP contribution is 2.32. The van der Waals surface area contributed by atoms with Crippen LogP contribution in [0.15, 0.2) is 91.3 Å². The molecular formula is C26H19FN4O. The molecule has 0 unspecified atom stereocenters. The molecule has 6 heteroatoms. The lowest BCUT2D eigenvalue weighted by Crippen LogP contribution is -2.00. The summed E-state index contributed by atoms with van der Waals surface area (Å²) in [7, 11) is 1.65. The number of ether oxygens (including phenoxy) is 1. The first-order chi connectivity index (χ1) is 15.7. The first kappa shape index (κ1) is 19.6. The second kappa shape index (κ2) is 8.43. The molecule has 0 aliphatic carbocycles. The van der Waals surface area contributed by atoms with Gasteiger partial charge in [-0.3, -0.25) is 4.98 Å². The van der Waals surface area contributed by atoms with Gasteiger partial charge in [0, 0.05) is 29.0 Å². The maximum Gasteiger partial charge on any atom is 0.163 e. The lowest BCUT2D eigenvalue weighted by Gasteiger charge is -2.13. The van der Waals surface area contributed by atoms with Crippen molar-refractivity contribution in [3.8, 4) is 28.3 Å². The molecule has 0 saturated carbocycles. The van der Waals surface area contributed by atoms with Crippen molar-refractivity contribution < 1.29 is 9.13 Å². The number of pyridine rings is 1. The fourth-order valence-electron chi connectivity index (χ4n) is 3.53. The summed E-state index contributed by atoms with van der Waals surface area (Å²) in [5.41, 5.74) is 4.18. The van der Waals surface area contributed by atoms with Gasteiger partial charge in [0.2, 0.25) is 0 Å². The van der Waals surface area contributed by atoms with E-state index in [4.69, 9.17) is 14.7 Å². The quantitative estimate of drug-likeness (QED) is 0.363. The second-order valence-corrected chi connectivity index (χ2v) is 7.24. The number of fused-ring (bicyclic) bond motifs is 1. The van der Waals surface area contributed by atoms with Crippen LogP contribution < -0.4 is 10.1 Å². The summed E-state index contributed by atoms with van der Waals surface area (Å²) in [6, 6.07) is 23.9. The van der Waals surface area contributed by atoms with Gasteiger partial charge in [-0.05, 0) is 65.7 Å². The van der Waals surface area contributed by atoms with Crippen molar-refractivity contribution in [2.45, 2.75) is 0 Å². The molecule has 0 atom stereocenters. The molecule has 32 heavy (non-hydrogen) atoms. The van der Waals surface area contributed by atoms with Gasteiger partial charge < -0.3 is 10.1 Å². The van der Waals surface area contributed by atoms with Crippen LogP contribution in [0.1, 0.15) is 0 Å². The minimum atomic E-state index is -0.321. The summed E-state index contributed by atoms with van der Waals surface area (Å²) >= 11 is 0. The summed E-state index contributed by atoms with van der Waals surface area (Å²) in [6.45, 7) is 0. The zero-order valence-electron chi connectivity index (χ0n) is 17.3. The number of hydrogen-bond donors (Lipinski definition) is 1. The zero-order chi connectivity index (χ0) is 21.9. The monoisotopic (exact) mass is 422 g/mol. The van der Waals surface area contributed by atoms with Gasteiger partial charge in [-0.25, -0.2) is 14.4 Å². The number of methoxy groups -OCH3 is 1. The topological polar surface area (TPSA) is 59.9 Å². The molecule has 0 saturated heterocycles. The molecule has 0 aliphatic heterocycles. The van der Waals surface area contributed by atoms with Gasteiger partial charge in [0.05, 0.1) is 12.6 Å². The van der Waals surface area contributed by atoms with E-state index < -0.39 is 0 Å². The summed E-state index contributed by atoms with van der Waals surface area (Å²) in [4.78, 5) is 13.7. The first-order valence-electron chi connectivity index (χ1n) is 10.1. The lowest BCUT2D eigenvalue weighted by molar-refractivity contribution is 0.415. The number of anilines is 2.